The molecule has 0 aromatic heterocycles. The van der Waals surface area contributed by atoms with E-state index in [1.54, 1.807) is 25.3 Å². The van der Waals surface area contributed by atoms with E-state index in [0.717, 1.165) is 12.8 Å². The maximum absolute atomic E-state index is 12.1. The summed E-state index contributed by atoms with van der Waals surface area (Å²) in [5, 5.41) is 0.506. The maximum atomic E-state index is 12.1. The van der Waals surface area contributed by atoms with Crippen molar-refractivity contribution in [3.8, 4) is 5.75 Å². The molecule has 1 aromatic carbocycles. The molecule has 1 fully saturated rings. The van der Waals surface area contributed by atoms with Crippen LogP contribution in [0, 0.1) is 5.92 Å². The topological polar surface area (TPSA) is 26.3 Å². The quantitative estimate of drug-likeness (QED) is 0.751. The van der Waals surface area contributed by atoms with Crippen molar-refractivity contribution in [1.29, 1.82) is 0 Å². The second-order valence-corrected chi connectivity index (χ2v) is 4.60. The Balaban J connectivity index is 2.20. The standard InChI is InChI=1S/C13H15ClO2/c1-16-12-7-6-10(8-11(12)14)13(15)9-4-2-3-5-9/h6-9H,2-5H2,1H3. The van der Waals surface area contributed by atoms with Gasteiger partial charge in [-0.1, -0.05) is 24.4 Å². The molecular weight excluding hydrogens is 224 g/mol. The largest absolute Gasteiger partial charge is 0.495 e. The molecule has 2 nitrogen and oxygen atoms in total. The third-order valence-electron chi connectivity index (χ3n) is 3.16. The van der Waals surface area contributed by atoms with Crippen molar-refractivity contribution in [3.05, 3.63) is 28.8 Å². The molecule has 1 aliphatic carbocycles. The van der Waals surface area contributed by atoms with Crippen LogP contribution in [0.25, 0.3) is 0 Å². The summed E-state index contributed by atoms with van der Waals surface area (Å²) in [6.45, 7) is 0. The fourth-order valence-corrected chi connectivity index (χ4v) is 2.50. The van der Waals surface area contributed by atoms with E-state index >= 15 is 0 Å². The van der Waals surface area contributed by atoms with Crippen LogP contribution >= 0.6 is 11.6 Å². The summed E-state index contributed by atoms with van der Waals surface area (Å²) in [4.78, 5) is 12.1. The number of hydrogen-bond donors (Lipinski definition) is 0. The van der Waals surface area contributed by atoms with Gasteiger partial charge in [0.15, 0.2) is 5.78 Å². The van der Waals surface area contributed by atoms with Crippen LogP contribution < -0.4 is 4.74 Å². The maximum Gasteiger partial charge on any atom is 0.165 e. The Morgan fingerprint density at radius 1 is 1.38 bits per heavy atom. The Bertz CT molecular complexity index is 395. The smallest absolute Gasteiger partial charge is 0.165 e. The van der Waals surface area contributed by atoms with E-state index in [1.165, 1.54) is 12.8 Å². The number of halogens is 1. The number of methoxy groups -OCH3 is 1. The molecule has 0 radical (unpaired) electrons. The fraction of sp³-hybridized carbons (Fsp3) is 0.462. The molecule has 2 rings (SSSR count). The SMILES string of the molecule is COc1ccc(C(=O)C2CCCC2)cc1Cl. The highest BCUT2D eigenvalue weighted by molar-refractivity contribution is 6.32. The number of carbonyl (C=O) groups excluding carboxylic acids is 1. The predicted octanol–water partition coefficient (Wildman–Crippen LogP) is 3.72. The van der Waals surface area contributed by atoms with Gasteiger partial charge >= 0.3 is 0 Å². The van der Waals surface area contributed by atoms with Gasteiger partial charge in [0.2, 0.25) is 0 Å². The molecule has 16 heavy (non-hydrogen) atoms. The average Bonchev–Trinajstić information content (AvgIpc) is 2.81. The number of carbonyl (C=O) groups is 1. The molecule has 0 heterocycles. The summed E-state index contributed by atoms with van der Waals surface area (Å²) in [5.74, 6) is 1.04. The first-order chi connectivity index (χ1) is 7.72. The third-order valence-corrected chi connectivity index (χ3v) is 3.46. The molecule has 1 aromatic rings. The lowest BCUT2D eigenvalue weighted by Crippen LogP contribution is -2.10. The Morgan fingerprint density at radius 3 is 2.62 bits per heavy atom. The number of ketones is 1. The number of ether oxygens (including phenoxy) is 1. The molecule has 0 bridgehead atoms. The van der Waals surface area contributed by atoms with E-state index in [-0.39, 0.29) is 11.7 Å². The van der Waals surface area contributed by atoms with Crippen LogP contribution in [0.2, 0.25) is 5.02 Å². The summed E-state index contributed by atoms with van der Waals surface area (Å²) < 4.78 is 5.06. The van der Waals surface area contributed by atoms with E-state index in [4.69, 9.17) is 16.3 Å². The summed E-state index contributed by atoms with van der Waals surface area (Å²) >= 11 is 6.00. The second kappa shape index (κ2) is 4.88. The minimum atomic E-state index is 0.199. The van der Waals surface area contributed by atoms with Crippen LogP contribution in [0.1, 0.15) is 36.0 Å². The Hall–Kier alpha value is -1.02. The lowest BCUT2D eigenvalue weighted by molar-refractivity contribution is 0.0923. The number of hydrogen-bond acceptors (Lipinski definition) is 2. The zero-order valence-corrected chi connectivity index (χ0v) is 10.1. The van der Waals surface area contributed by atoms with Crippen molar-refractivity contribution in [2.75, 3.05) is 7.11 Å². The first-order valence-electron chi connectivity index (χ1n) is 5.60. The van der Waals surface area contributed by atoms with Gasteiger partial charge in [-0.05, 0) is 31.0 Å². The van der Waals surface area contributed by atoms with Gasteiger partial charge in [0.25, 0.3) is 0 Å². The van der Waals surface area contributed by atoms with Crippen molar-refractivity contribution in [2.45, 2.75) is 25.7 Å². The van der Waals surface area contributed by atoms with E-state index in [2.05, 4.69) is 0 Å². The minimum absolute atomic E-state index is 0.199. The molecule has 0 spiro atoms. The van der Waals surface area contributed by atoms with Gasteiger partial charge in [0.1, 0.15) is 5.75 Å². The van der Waals surface area contributed by atoms with Crippen molar-refractivity contribution in [1.82, 2.24) is 0 Å². The number of benzene rings is 1. The third kappa shape index (κ3) is 2.22. The van der Waals surface area contributed by atoms with Gasteiger partial charge in [0.05, 0.1) is 12.1 Å². The van der Waals surface area contributed by atoms with E-state index in [9.17, 15) is 4.79 Å². The monoisotopic (exact) mass is 238 g/mol. The second-order valence-electron chi connectivity index (χ2n) is 4.19. The van der Waals surface area contributed by atoms with Crippen LogP contribution in [0.5, 0.6) is 5.75 Å². The molecule has 1 aliphatic rings. The van der Waals surface area contributed by atoms with Gasteiger partial charge in [0, 0.05) is 11.5 Å². The van der Waals surface area contributed by atoms with Crippen molar-refractivity contribution in [3.63, 3.8) is 0 Å². The minimum Gasteiger partial charge on any atom is -0.495 e. The first-order valence-corrected chi connectivity index (χ1v) is 5.98. The van der Waals surface area contributed by atoms with Crippen LogP contribution in [0.3, 0.4) is 0 Å². The van der Waals surface area contributed by atoms with Crippen LogP contribution in [0.4, 0.5) is 0 Å². The zero-order chi connectivity index (χ0) is 11.5. The summed E-state index contributed by atoms with van der Waals surface area (Å²) in [7, 11) is 1.57. The Morgan fingerprint density at radius 2 is 2.06 bits per heavy atom. The highest BCUT2D eigenvalue weighted by Crippen LogP contribution is 2.31. The molecule has 0 unspecified atom stereocenters. The van der Waals surface area contributed by atoms with Crippen molar-refractivity contribution >= 4 is 17.4 Å². The molecular formula is C13H15ClO2. The van der Waals surface area contributed by atoms with Crippen molar-refractivity contribution in [2.24, 2.45) is 5.92 Å². The molecule has 0 atom stereocenters. The molecule has 0 N–H and O–H groups in total. The van der Waals surface area contributed by atoms with Gasteiger partial charge in [-0.15, -0.1) is 0 Å². The fourth-order valence-electron chi connectivity index (χ4n) is 2.24. The normalized spacial score (nSPS) is 16.4. The molecule has 3 heteroatoms. The van der Waals surface area contributed by atoms with Gasteiger partial charge in [-0.3, -0.25) is 4.79 Å². The van der Waals surface area contributed by atoms with E-state index < -0.39 is 0 Å². The van der Waals surface area contributed by atoms with Gasteiger partial charge < -0.3 is 4.74 Å². The molecule has 0 aliphatic heterocycles. The highest BCUT2D eigenvalue weighted by atomic mass is 35.5. The predicted molar refractivity (Wildman–Crippen MR) is 64.3 cm³/mol. The number of rotatable bonds is 3. The molecule has 0 saturated heterocycles. The summed E-state index contributed by atoms with van der Waals surface area (Å²) in [5.41, 5.74) is 0.706. The van der Waals surface area contributed by atoms with Gasteiger partial charge in [-0.25, -0.2) is 0 Å². The van der Waals surface area contributed by atoms with E-state index in [0.29, 0.717) is 16.3 Å². The van der Waals surface area contributed by atoms with E-state index in [1.807, 2.05) is 0 Å². The lowest BCUT2D eigenvalue weighted by Gasteiger charge is -2.09. The molecule has 86 valence electrons. The first kappa shape index (κ1) is 11.5. The lowest BCUT2D eigenvalue weighted by atomic mass is 9.96. The summed E-state index contributed by atoms with van der Waals surface area (Å²) in [6, 6.07) is 5.26. The highest BCUT2D eigenvalue weighted by Gasteiger charge is 2.24. The Kier molecular flexibility index (Phi) is 3.49. The Labute approximate surface area is 101 Å². The molecule has 0 amide bonds. The molecule has 1 saturated carbocycles. The zero-order valence-electron chi connectivity index (χ0n) is 9.33. The van der Waals surface area contributed by atoms with Crippen molar-refractivity contribution < 1.29 is 9.53 Å². The van der Waals surface area contributed by atoms with Gasteiger partial charge in [-0.2, -0.15) is 0 Å². The van der Waals surface area contributed by atoms with Crippen LogP contribution in [0.15, 0.2) is 18.2 Å². The summed E-state index contributed by atoms with van der Waals surface area (Å²) in [6.07, 6.45) is 4.37. The van der Waals surface area contributed by atoms with Crippen LogP contribution in [-0.4, -0.2) is 12.9 Å². The van der Waals surface area contributed by atoms with Crippen LogP contribution in [-0.2, 0) is 0 Å². The average molecular weight is 239 g/mol. The number of Topliss-reactive ketones (excluding diaryl/α,β-unsaturated/α-hetero) is 1.